The van der Waals surface area contributed by atoms with Crippen molar-refractivity contribution in [3.8, 4) is 0 Å². The number of aliphatic hydroxyl groups excluding tert-OH is 13. The quantitative estimate of drug-likeness (QED) is 0.0752. The van der Waals surface area contributed by atoms with Crippen LogP contribution in [0.3, 0.4) is 0 Å². The smallest absolute Gasteiger partial charge is 0.187 e. The van der Waals surface area contributed by atoms with Gasteiger partial charge in [-0.05, 0) is 74.5 Å². The third kappa shape index (κ3) is 9.95. The third-order valence-corrected chi connectivity index (χ3v) is 18.9. The summed E-state index contributed by atoms with van der Waals surface area (Å²) < 4.78 is 54.1. The Balaban J connectivity index is 0.866. The van der Waals surface area contributed by atoms with Crippen molar-refractivity contribution in [3.05, 3.63) is 23.8 Å². The Morgan fingerprint density at radius 3 is 2.01 bits per heavy atom. The highest BCUT2D eigenvalue weighted by molar-refractivity contribution is 5.29. The van der Waals surface area contributed by atoms with Crippen LogP contribution in [0.2, 0.25) is 0 Å². The highest BCUT2D eigenvalue weighted by Gasteiger charge is 2.69. The van der Waals surface area contributed by atoms with Gasteiger partial charge in [-0.25, -0.2) is 0 Å². The molecule has 0 amide bonds. The van der Waals surface area contributed by atoms with Crippen LogP contribution in [-0.2, 0) is 42.6 Å². The predicted octanol–water partition coefficient (Wildman–Crippen LogP) is -3.48. The molecule has 23 heteroatoms. The molecule has 0 radical (unpaired) electrons. The fourth-order valence-corrected chi connectivity index (χ4v) is 14.6. The molecule has 73 heavy (non-hydrogen) atoms. The number of allylic oxidation sites excluding steroid dienone is 1. The van der Waals surface area contributed by atoms with E-state index in [0.717, 1.165) is 24.8 Å². The van der Waals surface area contributed by atoms with Crippen molar-refractivity contribution in [1.82, 2.24) is 0 Å². The maximum absolute atomic E-state index is 12.1. The fourth-order valence-electron chi connectivity index (χ4n) is 14.6. The number of aliphatic hydroxyl groups is 14. The van der Waals surface area contributed by atoms with E-state index in [1.807, 2.05) is 6.92 Å². The Kier molecular flexibility index (Phi) is 16.7. The summed E-state index contributed by atoms with van der Waals surface area (Å²) in [5, 5.41) is 150. The minimum absolute atomic E-state index is 0.0327. The maximum atomic E-state index is 12.1. The van der Waals surface area contributed by atoms with Crippen molar-refractivity contribution >= 4 is 0 Å². The number of hydrogen-bond acceptors (Lipinski definition) is 23. The first kappa shape index (κ1) is 56.3. The summed E-state index contributed by atoms with van der Waals surface area (Å²) in [4.78, 5) is 0. The second-order valence-corrected chi connectivity index (χ2v) is 23.0. The number of ether oxygens (including phenoxy) is 9. The molecule has 0 bridgehead atoms. The first-order valence-corrected chi connectivity index (χ1v) is 26.1. The van der Waals surface area contributed by atoms with Gasteiger partial charge in [0.05, 0.1) is 50.8 Å². The minimum Gasteiger partial charge on any atom is -0.394 e. The van der Waals surface area contributed by atoms with Crippen molar-refractivity contribution in [2.75, 3.05) is 26.4 Å². The molecule has 0 aromatic rings. The molecule has 8 fully saturated rings. The van der Waals surface area contributed by atoms with Gasteiger partial charge in [0.15, 0.2) is 30.9 Å². The Morgan fingerprint density at radius 1 is 0.712 bits per heavy atom. The van der Waals surface area contributed by atoms with Crippen LogP contribution in [0.4, 0.5) is 0 Å². The van der Waals surface area contributed by atoms with Gasteiger partial charge in [-0.3, -0.25) is 0 Å². The molecule has 418 valence electrons. The lowest BCUT2D eigenvalue weighted by Gasteiger charge is -2.60. The molecular weight excluding hydrogens is 969 g/mol. The molecule has 30 atom stereocenters. The highest BCUT2D eigenvalue weighted by atomic mass is 16.8. The van der Waals surface area contributed by atoms with Crippen LogP contribution in [0.1, 0.15) is 79.1 Å². The Morgan fingerprint density at radius 2 is 1.34 bits per heavy atom. The first-order valence-electron chi connectivity index (χ1n) is 26.1. The highest BCUT2D eigenvalue weighted by Crippen LogP contribution is 2.70. The Labute approximate surface area is 423 Å². The van der Waals surface area contributed by atoms with Crippen LogP contribution >= 0.6 is 0 Å². The van der Waals surface area contributed by atoms with E-state index in [-0.39, 0.29) is 67.2 Å². The molecule has 5 aliphatic heterocycles. The number of fused-ring (bicyclic) bond motifs is 7. The van der Waals surface area contributed by atoms with Crippen LogP contribution in [-0.4, -0.2) is 239 Å². The predicted molar refractivity (Wildman–Crippen MR) is 246 cm³/mol. The summed E-state index contributed by atoms with van der Waals surface area (Å²) in [7, 11) is 0. The molecular formula is C50H80O23. The van der Waals surface area contributed by atoms with E-state index in [1.54, 1.807) is 0 Å². The molecule has 0 aromatic heterocycles. The van der Waals surface area contributed by atoms with E-state index >= 15 is 0 Å². The average Bonchev–Trinajstić information content (AvgIpc) is 3.80. The summed E-state index contributed by atoms with van der Waals surface area (Å²) in [5.74, 6) is -1.21. The molecule has 23 nitrogen and oxygen atoms in total. The van der Waals surface area contributed by atoms with Crippen molar-refractivity contribution in [3.63, 3.8) is 0 Å². The summed E-state index contributed by atoms with van der Waals surface area (Å²) in [6, 6.07) is 0. The van der Waals surface area contributed by atoms with Crippen LogP contribution < -0.4 is 0 Å². The Bertz CT molecular complexity index is 1950. The molecule has 0 spiro atoms. The number of rotatable bonds is 14. The number of hydrogen-bond donors (Lipinski definition) is 14. The summed E-state index contributed by atoms with van der Waals surface area (Å²) in [6.07, 6.45) is -24.3. The monoisotopic (exact) mass is 1050 g/mol. The standard InChI is InChI=1S/C50H80O23/c1-19(17-65-44-39(61)37(59)35(57)29(15-51)68-44)8-11-50(64)20(2)32-28(73-50)14-26-24-7-6-22-12-23(53)13-31(49(22,5)25(24)9-10-48(26,32)4)70-47-43(34(56)27(54)18-66-47)72-46-41(63)42(33(55)21(3)67-46)71-45-40(62)38(60)36(58)30(16-52)69-45/h6,20-21,23-47,51-64H,1,7-18H2,2-5H3/t20-,21-,23+,24+,25-,26-,27-,28-,29+,30+,31+,32-,33-,34-,35+,36+,37-,38-,39+,40+,41+,42+,43+,44+,45-,46-,47-,48-,49-,50+/m0/s1. The maximum Gasteiger partial charge on any atom is 0.187 e. The van der Waals surface area contributed by atoms with Gasteiger partial charge in [0.2, 0.25) is 0 Å². The molecule has 14 N–H and O–H groups in total. The van der Waals surface area contributed by atoms with Gasteiger partial charge >= 0.3 is 0 Å². The third-order valence-electron chi connectivity index (χ3n) is 18.9. The minimum atomic E-state index is -1.85. The van der Waals surface area contributed by atoms with E-state index in [2.05, 4.69) is 26.5 Å². The lowest BCUT2D eigenvalue weighted by atomic mass is 9.46. The van der Waals surface area contributed by atoms with E-state index in [4.69, 9.17) is 42.6 Å². The molecule has 0 unspecified atom stereocenters. The van der Waals surface area contributed by atoms with Crippen molar-refractivity contribution in [2.24, 2.45) is 40.4 Å². The van der Waals surface area contributed by atoms with E-state index in [9.17, 15) is 71.5 Å². The summed E-state index contributed by atoms with van der Waals surface area (Å²) >= 11 is 0. The molecule has 5 heterocycles. The van der Waals surface area contributed by atoms with Gasteiger partial charge in [0.1, 0.15) is 85.5 Å². The largest absolute Gasteiger partial charge is 0.394 e. The summed E-state index contributed by atoms with van der Waals surface area (Å²) in [5.41, 5.74) is 0.794. The first-order chi connectivity index (χ1) is 34.5. The van der Waals surface area contributed by atoms with Crippen LogP contribution in [0.15, 0.2) is 23.8 Å². The molecule has 9 rings (SSSR count). The lowest BCUT2D eigenvalue weighted by Crippen LogP contribution is -2.65. The second kappa shape index (κ2) is 21.7. The molecule has 4 aliphatic carbocycles. The average molecular weight is 1050 g/mol. The summed E-state index contributed by atoms with van der Waals surface area (Å²) in [6.45, 7) is 10.3. The van der Waals surface area contributed by atoms with Crippen molar-refractivity contribution in [2.45, 2.75) is 220 Å². The topological polar surface area (TPSA) is 366 Å². The van der Waals surface area contributed by atoms with Gasteiger partial charge in [-0.15, -0.1) is 0 Å². The molecule has 5 saturated heterocycles. The van der Waals surface area contributed by atoms with Crippen LogP contribution in [0, 0.1) is 40.4 Å². The lowest BCUT2D eigenvalue weighted by molar-refractivity contribution is -0.381. The normalized spacial score (nSPS) is 55.0. The van der Waals surface area contributed by atoms with Gasteiger partial charge in [0, 0.05) is 24.2 Å². The van der Waals surface area contributed by atoms with Gasteiger partial charge < -0.3 is 114 Å². The zero-order valence-electron chi connectivity index (χ0n) is 41.8. The zero-order valence-corrected chi connectivity index (χ0v) is 41.8. The second-order valence-electron chi connectivity index (χ2n) is 23.0. The molecule has 0 aromatic carbocycles. The van der Waals surface area contributed by atoms with Crippen LogP contribution in [0.25, 0.3) is 0 Å². The van der Waals surface area contributed by atoms with Gasteiger partial charge in [-0.2, -0.15) is 0 Å². The van der Waals surface area contributed by atoms with Crippen molar-refractivity contribution in [1.29, 1.82) is 0 Å². The molecule has 9 aliphatic rings. The van der Waals surface area contributed by atoms with E-state index in [0.29, 0.717) is 24.8 Å². The van der Waals surface area contributed by atoms with Gasteiger partial charge in [0.25, 0.3) is 0 Å². The van der Waals surface area contributed by atoms with Crippen LogP contribution in [0.5, 0.6) is 0 Å². The van der Waals surface area contributed by atoms with E-state index in [1.165, 1.54) is 6.92 Å². The van der Waals surface area contributed by atoms with E-state index < -0.39 is 153 Å². The fraction of sp³-hybridized carbons (Fsp3) is 0.920. The molecule has 3 saturated carbocycles. The van der Waals surface area contributed by atoms with Crippen molar-refractivity contribution < 1.29 is 114 Å². The van der Waals surface area contributed by atoms with Gasteiger partial charge in [-0.1, -0.05) is 44.6 Å². The zero-order chi connectivity index (χ0) is 52.8. The Hall–Kier alpha value is -1.44. The SMILES string of the molecule is C=C(CC[C@@]1(O)O[C@H]2C[C@H]3[C@@H]4CC=C5C[C@@H](O)C[C@@H](O[C@@H]6OC[C@H](O)[C@H](O)[C@H]6O[C@@H]6O[C@@H](C)[C@H](O)[C@@H](O[C@@H]7O[C@H](CO)[C@@H](O)[C@H](O)[C@H]7O)[C@H]6O)[C@]5(C)[C@H]4CC[C@]3(C)[C@H]2[C@@H]1C)CO[C@@H]1O[C@H](CO)[C@@H](O)[C@H](O)[C@H]1O.